The Morgan fingerprint density at radius 3 is 2.40 bits per heavy atom. The van der Waals surface area contributed by atoms with E-state index in [-0.39, 0.29) is 0 Å². The lowest BCUT2D eigenvalue weighted by atomic mass is 10.2. The summed E-state index contributed by atoms with van der Waals surface area (Å²) in [5.41, 5.74) is 1.27. The topological polar surface area (TPSA) is 24.9 Å². The van der Waals surface area contributed by atoms with E-state index in [9.17, 15) is 0 Å². The van der Waals surface area contributed by atoms with Crippen molar-refractivity contribution in [1.29, 1.82) is 0 Å². The van der Waals surface area contributed by atoms with Gasteiger partial charge in [-0.1, -0.05) is 34.6 Å². The molecule has 1 N–H and O–H groups in total. The fourth-order valence-corrected chi connectivity index (χ4v) is 2.47. The third-order valence-corrected chi connectivity index (χ3v) is 3.69. The van der Waals surface area contributed by atoms with Gasteiger partial charge in [0.1, 0.15) is 0 Å². The van der Waals surface area contributed by atoms with Crippen molar-refractivity contribution in [3.63, 3.8) is 0 Å². The maximum atomic E-state index is 4.68. The van der Waals surface area contributed by atoms with E-state index in [1.54, 1.807) is 0 Å². The molecule has 0 aromatic carbocycles. The number of nitrogens with one attached hydrogen (secondary N) is 1. The van der Waals surface area contributed by atoms with Crippen LogP contribution in [0, 0.1) is 0 Å². The van der Waals surface area contributed by atoms with Crippen molar-refractivity contribution in [2.24, 2.45) is 0 Å². The summed E-state index contributed by atoms with van der Waals surface area (Å²) in [6.45, 7) is 11.9. The van der Waals surface area contributed by atoms with Gasteiger partial charge in [-0.3, -0.25) is 0 Å². The minimum atomic E-state index is 0.541. The molecule has 0 amide bonds. The summed E-state index contributed by atoms with van der Waals surface area (Å²) in [5.74, 6) is 0.549. The Hall–Kier alpha value is -0.410. The van der Waals surface area contributed by atoms with E-state index in [2.05, 4.69) is 44.9 Å². The van der Waals surface area contributed by atoms with Gasteiger partial charge < -0.3 is 5.32 Å². The summed E-state index contributed by atoms with van der Waals surface area (Å²) < 4.78 is 0. The fourth-order valence-electron chi connectivity index (χ4n) is 1.36. The molecule has 86 valence electrons. The van der Waals surface area contributed by atoms with Crippen LogP contribution in [-0.4, -0.2) is 11.0 Å². The van der Waals surface area contributed by atoms with Crippen LogP contribution in [-0.2, 0) is 13.0 Å². The van der Waals surface area contributed by atoms with Crippen molar-refractivity contribution in [3.8, 4) is 0 Å². The van der Waals surface area contributed by atoms with Crippen LogP contribution in [0.5, 0.6) is 0 Å². The Kier molecular flexibility index (Phi) is 4.74. The van der Waals surface area contributed by atoms with E-state index in [1.807, 2.05) is 11.3 Å². The molecular formula is C12H22N2S. The minimum Gasteiger partial charge on any atom is -0.310 e. The van der Waals surface area contributed by atoms with Gasteiger partial charge >= 0.3 is 0 Å². The third-order valence-electron chi connectivity index (χ3n) is 2.29. The van der Waals surface area contributed by atoms with Crippen LogP contribution < -0.4 is 5.32 Å². The first-order chi connectivity index (χ1) is 7.04. The first kappa shape index (κ1) is 12.7. The summed E-state index contributed by atoms with van der Waals surface area (Å²) in [4.78, 5) is 6.10. The van der Waals surface area contributed by atoms with Crippen molar-refractivity contribution < 1.29 is 0 Å². The SMILES string of the molecule is CCc1nc(C(C)C)sc1CNC(C)C. The normalized spacial score (nSPS) is 11.7. The van der Waals surface area contributed by atoms with Crippen molar-refractivity contribution in [2.45, 2.75) is 59.5 Å². The maximum Gasteiger partial charge on any atom is 0.0957 e. The highest BCUT2D eigenvalue weighted by atomic mass is 32.1. The highest BCUT2D eigenvalue weighted by Gasteiger charge is 2.11. The zero-order chi connectivity index (χ0) is 11.4. The standard InChI is InChI=1S/C12H22N2S/c1-6-10-11(7-13-9(4)5)15-12(14-10)8(2)3/h8-9,13H,6-7H2,1-5H3. The fraction of sp³-hybridized carbons (Fsp3) is 0.750. The summed E-state index contributed by atoms with van der Waals surface area (Å²) in [6, 6.07) is 0.541. The first-order valence-corrected chi connectivity index (χ1v) is 6.58. The van der Waals surface area contributed by atoms with E-state index in [4.69, 9.17) is 0 Å². The van der Waals surface area contributed by atoms with Crippen LogP contribution in [0.1, 0.15) is 56.1 Å². The van der Waals surface area contributed by atoms with Crippen molar-refractivity contribution in [1.82, 2.24) is 10.3 Å². The lowest BCUT2D eigenvalue weighted by Gasteiger charge is -2.06. The Morgan fingerprint density at radius 2 is 1.93 bits per heavy atom. The zero-order valence-corrected chi connectivity index (χ0v) is 11.2. The molecule has 0 fully saturated rings. The molecule has 0 atom stereocenters. The summed E-state index contributed by atoms with van der Waals surface area (Å²) in [6.07, 6.45) is 1.04. The molecule has 0 spiro atoms. The van der Waals surface area contributed by atoms with Gasteiger partial charge in [-0.15, -0.1) is 11.3 Å². The first-order valence-electron chi connectivity index (χ1n) is 5.76. The second-order valence-electron chi connectivity index (χ2n) is 4.47. The van der Waals surface area contributed by atoms with E-state index in [1.165, 1.54) is 15.6 Å². The van der Waals surface area contributed by atoms with E-state index < -0.39 is 0 Å². The number of hydrogen-bond acceptors (Lipinski definition) is 3. The monoisotopic (exact) mass is 226 g/mol. The molecule has 0 radical (unpaired) electrons. The van der Waals surface area contributed by atoms with E-state index in [0.29, 0.717) is 12.0 Å². The molecule has 0 aliphatic carbocycles. The van der Waals surface area contributed by atoms with Crippen LogP contribution >= 0.6 is 11.3 Å². The van der Waals surface area contributed by atoms with Gasteiger partial charge in [0.15, 0.2) is 0 Å². The largest absolute Gasteiger partial charge is 0.310 e. The summed E-state index contributed by atoms with van der Waals surface area (Å²) >= 11 is 1.86. The molecule has 15 heavy (non-hydrogen) atoms. The molecule has 0 aliphatic heterocycles. The maximum absolute atomic E-state index is 4.68. The zero-order valence-electron chi connectivity index (χ0n) is 10.4. The van der Waals surface area contributed by atoms with Gasteiger partial charge in [0.25, 0.3) is 0 Å². The lowest BCUT2D eigenvalue weighted by Crippen LogP contribution is -2.21. The Morgan fingerprint density at radius 1 is 1.27 bits per heavy atom. The number of nitrogens with zero attached hydrogens (tertiary/aromatic N) is 1. The van der Waals surface area contributed by atoms with Gasteiger partial charge in [-0.25, -0.2) is 4.98 Å². The van der Waals surface area contributed by atoms with Crippen LogP contribution in [0.25, 0.3) is 0 Å². The van der Waals surface area contributed by atoms with Gasteiger partial charge in [0, 0.05) is 23.4 Å². The number of thiazole rings is 1. The summed E-state index contributed by atoms with van der Waals surface area (Å²) in [5, 5.41) is 4.73. The molecule has 3 heteroatoms. The molecular weight excluding hydrogens is 204 g/mol. The molecule has 1 aromatic heterocycles. The molecule has 0 bridgehead atoms. The van der Waals surface area contributed by atoms with Crippen LogP contribution in [0.15, 0.2) is 0 Å². The second kappa shape index (κ2) is 5.61. The number of hydrogen-bond donors (Lipinski definition) is 1. The predicted molar refractivity (Wildman–Crippen MR) is 67.6 cm³/mol. The van der Waals surface area contributed by atoms with Crippen LogP contribution in [0.4, 0.5) is 0 Å². The van der Waals surface area contributed by atoms with E-state index >= 15 is 0 Å². The molecule has 0 aliphatic rings. The van der Waals surface area contributed by atoms with Crippen LogP contribution in [0.2, 0.25) is 0 Å². The number of aromatic nitrogens is 1. The molecule has 2 nitrogen and oxygen atoms in total. The van der Waals surface area contributed by atoms with Crippen molar-refractivity contribution >= 4 is 11.3 Å². The average Bonchev–Trinajstić information content (AvgIpc) is 2.57. The molecule has 0 saturated carbocycles. The summed E-state index contributed by atoms with van der Waals surface area (Å²) in [7, 11) is 0. The lowest BCUT2D eigenvalue weighted by molar-refractivity contribution is 0.590. The van der Waals surface area contributed by atoms with Crippen molar-refractivity contribution in [3.05, 3.63) is 15.6 Å². The molecule has 0 saturated heterocycles. The number of rotatable bonds is 5. The highest BCUT2D eigenvalue weighted by Crippen LogP contribution is 2.25. The van der Waals surface area contributed by atoms with Crippen LogP contribution in [0.3, 0.4) is 0 Å². The second-order valence-corrected chi connectivity index (χ2v) is 5.58. The van der Waals surface area contributed by atoms with Gasteiger partial charge in [-0.2, -0.15) is 0 Å². The Bertz CT molecular complexity index is 303. The van der Waals surface area contributed by atoms with E-state index in [0.717, 1.165) is 13.0 Å². The van der Waals surface area contributed by atoms with Gasteiger partial charge in [-0.05, 0) is 6.42 Å². The molecule has 1 aromatic rings. The third kappa shape index (κ3) is 3.58. The molecule has 1 heterocycles. The quantitative estimate of drug-likeness (QED) is 0.833. The van der Waals surface area contributed by atoms with Crippen molar-refractivity contribution in [2.75, 3.05) is 0 Å². The average molecular weight is 226 g/mol. The number of aryl methyl sites for hydroxylation is 1. The highest BCUT2D eigenvalue weighted by molar-refractivity contribution is 7.11. The predicted octanol–water partition coefficient (Wildman–Crippen LogP) is 3.33. The molecule has 0 unspecified atom stereocenters. The van der Waals surface area contributed by atoms with Gasteiger partial charge in [0.2, 0.25) is 0 Å². The smallest absolute Gasteiger partial charge is 0.0957 e. The van der Waals surface area contributed by atoms with Gasteiger partial charge in [0.05, 0.1) is 10.7 Å². The Labute approximate surface area is 97.1 Å². The molecule has 1 rings (SSSR count). The Balaban J connectivity index is 2.76. The minimum absolute atomic E-state index is 0.541.